The molecule has 0 spiro atoms. The highest BCUT2D eigenvalue weighted by Crippen LogP contribution is 2.28. The van der Waals surface area contributed by atoms with E-state index >= 15 is 0 Å². The van der Waals surface area contributed by atoms with Crippen molar-refractivity contribution in [2.45, 2.75) is 50.8 Å². The van der Waals surface area contributed by atoms with Gasteiger partial charge in [0, 0.05) is 6.20 Å². The largest absolute Gasteiger partial charge is 0.394 e. The van der Waals surface area contributed by atoms with Crippen LogP contribution in [0.4, 0.5) is 5.82 Å². The summed E-state index contributed by atoms with van der Waals surface area (Å²) in [5, 5.41) is 31.2. The van der Waals surface area contributed by atoms with E-state index in [1.54, 1.807) is 0 Å². The highest BCUT2D eigenvalue weighted by molar-refractivity contribution is 5.93. The van der Waals surface area contributed by atoms with Crippen molar-refractivity contribution < 1.29 is 24.9 Å². The number of carbonyl (C=O) groups excluding carboxylic acids is 1. The fraction of sp³-hybridized carbons (Fsp3) is 0.667. The Labute approximate surface area is 144 Å². The maximum Gasteiger partial charge on any atom is 0.351 e. The van der Waals surface area contributed by atoms with Crippen LogP contribution in [0.1, 0.15) is 26.5 Å². The molecule has 2 heterocycles. The van der Waals surface area contributed by atoms with Crippen molar-refractivity contribution in [2.24, 2.45) is 11.7 Å². The van der Waals surface area contributed by atoms with Gasteiger partial charge in [0.05, 0.1) is 12.6 Å². The number of anilines is 1. The zero-order valence-corrected chi connectivity index (χ0v) is 14.1. The molecule has 6 N–H and O–H groups in total. The summed E-state index contributed by atoms with van der Waals surface area (Å²) < 4.78 is 6.25. The second-order valence-electron chi connectivity index (χ2n) is 6.46. The molecule has 1 saturated heterocycles. The molecule has 10 heteroatoms. The molecule has 0 radical (unpaired) electrons. The number of ether oxygens (including phenoxy) is 1. The Bertz CT molecular complexity index is 664. The predicted octanol–water partition coefficient (Wildman–Crippen LogP) is -1.83. The first kappa shape index (κ1) is 19.5. The van der Waals surface area contributed by atoms with Crippen LogP contribution in [0, 0.1) is 5.92 Å². The molecular formula is C15H24N4O6. The smallest absolute Gasteiger partial charge is 0.351 e. The quantitative estimate of drug-likeness (QED) is 0.398. The number of nitrogens with two attached hydrogens (primary N) is 1. The Hall–Kier alpha value is -1.85. The van der Waals surface area contributed by atoms with E-state index in [1.165, 1.54) is 12.3 Å². The molecular weight excluding hydrogens is 332 g/mol. The Morgan fingerprint density at radius 2 is 2.12 bits per heavy atom. The van der Waals surface area contributed by atoms with E-state index in [0.29, 0.717) is 6.42 Å². The van der Waals surface area contributed by atoms with Crippen LogP contribution in [0.2, 0.25) is 0 Å². The fourth-order valence-electron chi connectivity index (χ4n) is 2.62. The molecule has 10 nitrogen and oxygen atoms in total. The van der Waals surface area contributed by atoms with Crippen molar-refractivity contribution >= 4 is 11.7 Å². The minimum absolute atomic E-state index is 0.0252. The maximum absolute atomic E-state index is 12.1. The van der Waals surface area contributed by atoms with Gasteiger partial charge in [0.15, 0.2) is 6.23 Å². The van der Waals surface area contributed by atoms with Crippen molar-refractivity contribution in [1.82, 2.24) is 9.55 Å². The van der Waals surface area contributed by atoms with E-state index < -0.39 is 48.8 Å². The summed E-state index contributed by atoms with van der Waals surface area (Å²) in [5.74, 6) is -0.183. The van der Waals surface area contributed by atoms with Crippen molar-refractivity contribution in [1.29, 1.82) is 0 Å². The third-order valence-corrected chi connectivity index (χ3v) is 3.93. The summed E-state index contributed by atoms with van der Waals surface area (Å²) in [6.07, 6.45) is -3.13. The van der Waals surface area contributed by atoms with Gasteiger partial charge in [0.1, 0.15) is 24.1 Å². The highest BCUT2D eigenvalue weighted by Gasteiger charge is 2.43. The van der Waals surface area contributed by atoms with Gasteiger partial charge in [-0.25, -0.2) is 4.79 Å². The van der Waals surface area contributed by atoms with Crippen LogP contribution in [-0.2, 0) is 9.53 Å². The number of nitrogens with one attached hydrogen (secondary N) is 1. The summed E-state index contributed by atoms with van der Waals surface area (Å²) >= 11 is 0. The average molecular weight is 356 g/mol. The average Bonchev–Trinajstić information content (AvgIpc) is 2.82. The van der Waals surface area contributed by atoms with Gasteiger partial charge in [-0.2, -0.15) is 4.98 Å². The van der Waals surface area contributed by atoms with Crippen LogP contribution >= 0.6 is 0 Å². The SMILES string of the molecule is CC(C)CC(N)C(=O)Nc1ccn(C2OC(CO)C(O)C2O)c(=O)n1. The first-order chi connectivity index (χ1) is 11.7. The van der Waals surface area contributed by atoms with Gasteiger partial charge in [0.2, 0.25) is 5.91 Å². The molecule has 1 aromatic heterocycles. The number of nitrogens with zero attached hydrogens (tertiary/aromatic N) is 2. The third-order valence-electron chi connectivity index (χ3n) is 3.93. The highest BCUT2D eigenvalue weighted by atomic mass is 16.6. The van der Waals surface area contributed by atoms with E-state index in [-0.39, 0.29) is 11.7 Å². The van der Waals surface area contributed by atoms with E-state index in [9.17, 15) is 19.8 Å². The van der Waals surface area contributed by atoms with Gasteiger partial charge < -0.3 is 31.1 Å². The molecule has 140 valence electrons. The minimum atomic E-state index is -1.39. The number of aliphatic hydroxyl groups is 3. The molecule has 2 rings (SSSR count). The summed E-state index contributed by atoms with van der Waals surface area (Å²) in [4.78, 5) is 27.8. The predicted molar refractivity (Wildman–Crippen MR) is 87.6 cm³/mol. The lowest BCUT2D eigenvalue weighted by Crippen LogP contribution is -2.38. The number of aliphatic hydroxyl groups excluding tert-OH is 3. The zero-order chi connectivity index (χ0) is 18.7. The minimum Gasteiger partial charge on any atom is -0.394 e. The van der Waals surface area contributed by atoms with Gasteiger partial charge in [-0.15, -0.1) is 0 Å². The maximum atomic E-state index is 12.1. The van der Waals surface area contributed by atoms with Crippen LogP contribution in [0.3, 0.4) is 0 Å². The fourth-order valence-corrected chi connectivity index (χ4v) is 2.62. The van der Waals surface area contributed by atoms with Crippen LogP contribution < -0.4 is 16.7 Å². The molecule has 25 heavy (non-hydrogen) atoms. The molecule has 0 aromatic carbocycles. The van der Waals surface area contributed by atoms with Gasteiger partial charge >= 0.3 is 5.69 Å². The summed E-state index contributed by atoms with van der Waals surface area (Å²) in [6, 6.07) is 0.639. The van der Waals surface area contributed by atoms with E-state index in [1.807, 2.05) is 13.8 Å². The Morgan fingerprint density at radius 3 is 2.64 bits per heavy atom. The van der Waals surface area contributed by atoms with Gasteiger partial charge in [-0.1, -0.05) is 13.8 Å². The van der Waals surface area contributed by atoms with Gasteiger partial charge in [-0.05, 0) is 18.4 Å². The third kappa shape index (κ3) is 4.41. The topological polar surface area (TPSA) is 160 Å². The van der Waals surface area contributed by atoms with Crippen LogP contribution in [0.5, 0.6) is 0 Å². The normalized spacial score (nSPS) is 27.5. The second kappa shape index (κ2) is 8.02. The van der Waals surface area contributed by atoms with Crippen LogP contribution in [-0.4, -0.2) is 61.7 Å². The molecule has 0 bridgehead atoms. The number of rotatable bonds is 6. The standard InChI is InChI=1S/C15H24N4O6/c1-7(2)5-8(16)13(23)17-10-3-4-19(15(24)18-10)14-12(22)11(21)9(6-20)25-14/h3-4,7-9,11-12,14,20-22H,5-6,16H2,1-2H3,(H,17,18,23,24). The first-order valence-corrected chi connectivity index (χ1v) is 8.02. The van der Waals surface area contributed by atoms with Crippen molar-refractivity contribution in [2.75, 3.05) is 11.9 Å². The summed E-state index contributed by atoms with van der Waals surface area (Å²) in [7, 11) is 0. The Morgan fingerprint density at radius 1 is 1.44 bits per heavy atom. The lowest BCUT2D eigenvalue weighted by molar-refractivity contribution is -0.117. The second-order valence-corrected chi connectivity index (χ2v) is 6.46. The molecule has 0 saturated carbocycles. The number of aromatic nitrogens is 2. The number of hydrogen-bond acceptors (Lipinski definition) is 8. The number of amides is 1. The lowest BCUT2D eigenvalue weighted by atomic mass is 10.0. The Balaban J connectivity index is 2.11. The summed E-state index contributed by atoms with van der Waals surface area (Å²) in [5.41, 5.74) is 4.98. The van der Waals surface area contributed by atoms with E-state index in [0.717, 1.165) is 4.57 Å². The van der Waals surface area contributed by atoms with Crippen LogP contribution in [0.25, 0.3) is 0 Å². The zero-order valence-electron chi connectivity index (χ0n) is 14.1. The number of carbonyl (C=O) groups is 1. The molecule has 5 atom stereocenters. The molecule has 0 aliphatic carbocycles. The van der Waals surface area contributed by atoms with Crippen LogP contribution in [0.15, 0.2) is 17.1 Å². The van der Waals surface area contributed by atoms with E-state index in [4.69, 9.17) is 15.6 Å². The molecule has 1 aliphatic rings. The lowest BCUT2D eigenvalue weighted by Gasteiger charge is -2.18. The molecule has 5 unspecified atom stereocenters. The van der Waals surface area contributed by atoms with Crippen molar-refractivity contribution in [3.63, 3.8) is 0 Å². The van der Waals surface area contributed by atoms with E-state index in [2.05, 4.69) is 10.3 Å². The monoisotopic (exact) mass is 356 g/mol. The Kier molecular flexibility index (Phi) is 6.25. The van der Waals surface area contributed by atoms with Gasteiger partial charge in [0.25, 0.3) is 0 Å². The molecule has 1 aromatic rings. The van der Waals surface area contributed by atoms with Crippen molar-refractivity contribution in [3.8, 4) is 0 Å². The summed E-state index contributed by atoms with van der Waals surface area (Å²) in [6.45, 7) is 3.37. The molecule has 1 fully saturated rings. The molecule has 1 aliphatic heterocycles. The molecule has 1 amide bonds. The first-order valence-electron chi connectivity index (χ1n) is 8.02. The van der Waals surface area contributed by atoms with Crippen molar-refractivity contribution in [3.05, 3.63) is 22.7 Å². The number of hydrogen-bond donors (Lipinski definition) is 5. The van der Waals surface area contributed by atoms with Gasteiger partial charge in [-0.3, -0.25) is 9.36 Å².